The monoisotopic (exact) mass is 279 g/mol. The molecule has 5 heteroatoms. The predicted molar refractivity (Wildman–Crippen MR) is 77.8 cm³/mol. The molecule has 2 N–H and O–H groups in total. The molecule has 1 rings (SSSR count). The van der Waals surface area contributed by atoms with Crippen LogP contribution in [0.2, 0.25) is 0 Å². The molecule has 0 saturated heterocycles. The average molecular weight is 279 g/mol. The van der Waals surface area contributed by atoms with E-state index < -0.39 is 0 Å². The molecule has 0 aromatic heterocycles. The number of nitrogens with one attached hydrogen (secondary N) is 2. The summed E-state index contributed by atoms with van der Waals surface area (Å²) in [5.41, 5.74) is 0.139. The van der Waals surface area contributed by atoms with E-state index in [4.69, 9.17) is 10.00 Å². The van der Waals surface area contributed by atoms with Crippen LogP contribution in [0.15, 0.2) is 11.8 Å². The number of ether oxygens (including phenoxy) is 1. The van der Waals surface area contributed by atoms with Crippen molar-refractivity contribution in [2.45, 2.75) is 45.1 Å². The molecule has 0 aliphatic heterocycles. The zero-order valence-corrected chi connectivity index (χ0v) is 12.4. The van der Waals surface area contributed by atoms with Gasteiger partial charge >= 0.3 is 0 Å². The van der Waals surface area contributed by atoms with Crippen LogP contribution in [0.1, 0.15) is 39.0 Å². The quantitative estimate of drug-likeness (QED) is 0.423. The Hall–Kier alpha value is -1.54. The van der Waals surface area contributed by atoms with Crippen molar-refractivity contribution in [1.29, 1.82) is 5.26 Å². The predicted octanol–water partition coefficient (Wildman–Crippen LogP) is 1.71. The maximum absolute atomic E-state index is 11.8. The molecule has 1 amide bonds. The molecule has 1 aliphatic carbocycles. The lowest BCUT2D eigenvalue weighted by atomic mass is 9.86. The number of carbonyl (C=O) groups is 1. The van der Waals surface area contributed by atoms with Crippen molar-refractivity contribution in [3.05, 3.63) is 11.8 Å². The Morgan fingerprint density at radius 3 is 2.85 bits per heavy atom. The molecule has 2 unspecified atom stereocenters. The minimum Gasteiger partial charge on any atom is -0.387 e. The zero-order valence-electron chi connectivity index (χ0n) is 12.4. The fraction of sp³-hybridized carbons (Fsp3) is 0.733. The standard InChI is InChI=1S/C15H25N3O2/c1-12-6-3-4-7-14(12)18-11-13(10-16)15(19)17-8-5-9-20-2/h11-12,14,18H,3-9H2,1-2H3,(H,17,19)/b13-11-. The van der Waals surface area contributed by atoms with Gasteiger partial charge < -0.3 is 15.4 Å². The highest BCUT2D eigenvalue weighted by molar-refractivity contribution is 5.97. The van der Waals surface area contributed by atoms with Crippen LogP contribution in [-0.2, 0) is 9.53 Å². The van der Waals surface area contributed by atoms with Crippen molar-refractivity contribution in [2.75, 3.05) is 20.3 Å². The lowest BCUT2D eigenvalue weighted by Gasteiger charge is -2.29. The Morgan fingerprint density at radius 2 is 2.20 bits per heavy atom. The van der Waals surface area contributed by atoms with Crippen molar-refractivity contribution >= 4 is 5.91 Å². The van der Waals surface area contributed by atoms with E-state index in [9.17, 15) is 4.79 Å². The molecule has 0 heterocycles. The third kappa shape index (κ3) is 5.62. The minimum atomic E-state index is -0.320. The molecular formula is C15H25N3O2. The topological polar surface area (TPSA) is 74.1 Å². The molecule has 20 heavy (non-hydrogen) atoms. The Morgan fingerprint density at radius 1 is 1.45 bits per heavy atom. The third-order valence-corrected chi connectivity index (χ3v) is 3.73. The SMILES string of the molecule is COCCCNC(=O)/C(C#N)=C\NC1CCCCC1C. The number of methoxy groups -OCH3 is 1. The maximum Gasteiger partial charge on any atom is 0.263 e. The minimum absolute atomic E-state index is 0.139. The van der Waals surface area contributed by atoms with Gasteiger partial charge in [0, 0.05) is 32.5 Å². The number of hydrogen-bond acceptors (Lipinski definition) is 4. The first-order valence-electron chi connectivity index (χ1n) is 7.32. The van der Waals surface area contributed by atoms with Gasteiger partial charge in [-0.15, -0.1) is 0 Å². The van der Waals surface area contributed by atoms with Gasteiger partial charge in [0.05, 0.1) is 0 Å². The Bertz CT molecular complexity index is 374. The summed E-state index contributed by atoms with van der Waals surface area (Å²) in [6.07, 6.45) is 7.10. The summed E-state index contributed by atoms with van der Waals surface area (Å²) in [5.74, 6) is 0.268. The average Bonchev–Trinajstić information content (AvgIpc) is 2.46. The van der Waals surface area contributed by atoms with Gasteiger partial charge in [0.25, 0.3) is 5.91 Å². The van der Waals surface area contributed by atoms with Gasteiger partial charge in [0.15, 0.2) is 0 Å². The normalized spacial score (nSPS) is 22.9. The van der Waals surface area contributed by atoms with Gasteiger partial charge in [-0.1, -0.05) is 19.8 Å². The van der Waals surface area contributed by atoms with E-state index in [-0.39, 0.29) is 11.5 Å². The largest absolute Gasteiger partial charge is 0.387 e. The first kappa shape index (κ1) is 16.5. The van der Waals surface area contributed by atoms with Gasteiger partial charge in [-0.25, -0.2) is 0 Å². The fourth-order valence-corrected chi connectivity index (χ4v) is 2.42. The first-order valence-corrected chi connectivity index (χ1v) is 7.32. The van der Waals surface area contributed by atoms with Gasteiger partial charge in [0.1, 0.15) is 11.6 Å². The van der Waals surface area contributed by atoms with E-state index in [0.29, 0.717) is 25.1 Å². The molecule has 112 valence electrons. The van der Waals surface area contributed by atoms with Crippen molar-refractivity contribution < 1.29 is 9.53 Å². The van der Waals surface area contributed by atoms with Crippen LogP contribution in [0.4, 0.5) is 0 Å². The molecule has 0 aromatic carbocycles. The Balaban J connectivity index is 2.41. The first-order chi connectivity index (χ1) is 9.69. The zero-order chi connectivity index (χ0) is 14.8. The summed E-state index contributed by atoms with van der Waals surface area (Å²) >= 11 is 0. The summed E-state index contributed by atoms with van der Waals surface area (Å²) in [7, 11) is 1.62. The summed E-state index contributed by atoms with van der Waals surface area (Å²) in [5, 5.41) is 15.0. The van der Waals surface area contributed by atoms with Crippen LogP contribution in [-0.4, -0.2) is 32.2 Å². The van der Waals surface area contributed by atoms with E-state index in [1.54, 1.807) is 13.3 Å². The highest BCUT2D eigenvalue weighted by atomic mass is 16.5. The summed E-state index contributed by atoms with van der Waals surface area (Å²) in [4.78, 5) is 11.8. The lowest BCUT2D eigenvalue weighted by Crippen LogP contribution is -2.35. The Kier molecular flexibility index (Phi) is 7.74. The smallest absolute Gasteiger partial charge is 0.263 e. The summed E-state index contributed by atoms with van der Waals surface area (Å²) in [6.45, 7) is 3.33. The van der Waals surface area contributed by atoms with E-state index in [1.165, 1.54) is 19.3 Å². The van der Waals surface area contributed by atoms with Crippen molar-refractivity contribution in [1.82, 2.24) is 10.6 Å². The van der Waals surface area contributed by atoms with Crippen LogP contribution in [0.25, 0.3) is 0 Å². The second-order valence-corrected chi connectivity index (χ2v) is 5.31. The summed E-state index contributed by atoms with van der Waals surface area (Å²) in [6, 6.07) is 2.32. The number of nitriles is 1. The second kappa shape index (κ2) is 9.38. The van der Waals surface area contributed by atoms with Crippen LogP contribution >= 0.6 is 0 Å². The van der Waals surface area contributed by atoms with Crippen LogP contribution < -0.4 is 10.6 Å². The highest BCUT2D eigenvalue weighted by Gasteiger charge is 2.20. The van der Waals surface area contributed by atoms with Crippen LogP contribution in [0.5, 0.6) is 0 Å². The van der Waals surface area contributed by atoms with E-state index in [1.807, 2.05) is 6.07 Å². The molecule has 1 fully saturated rings. The van der Waals surface area contributed by atoms with Crippen LogP contribution in [0.3, 0.4) is 0 Å². The van der Waals surface area contributed by atoms with Crippen molar-refractivity contribution in [3.63, 3.8) is 0 Å². The van der Waals surface area contributed by atoms with Gasteiger partial charge in [-0.05, 0) is 25.2 Å². The third-order valence-electron chi connectivity index (χ3n) is 3.73. The fourth-order valence-electron chi connectivity index (χ4n) is 2.42. The van der Waals surface area contributed by atoms with Gasteiger partial charge in [0.2, 0.25) is 0 Å². The lowest BCUT2D eigenvalue weighted by molar-refractivity contribution is -0.117. The number of nitrogens with zero attached hydrogens (tertiary/aromatic N) is 1. The van der Waals surface area contributed by atoms with Crippen molar-refractivity contribution in [3.8, 4) is 6.07 Å². The molecule has 0 bridgehead atoms. The molecule has 0 aromatic rings. The molecule has 1 aliphatic rings. The number of hydrogen-bond donors (Lipinski definition) is 2. The number of rotatable bonds is 7. The van der Waals surface area contributed by atoms with E-state index in [2.05, 4.69) is 17.6 Å². The molecule has 0 radical (unpaired) electrons. The second-order valence-electron chi connectivity index (χ2n) is 5.31. The highest BCUT2D eigenvalue weighted by Crippen LogP contribution is 2.23. The molecule has 0 spiro atoms. The molecule has 2 atom stereocenters. The molecule has 5 nitrogen and oxygen atoms in total. The molecule has 1 saturated carbocycles. The molecular weight excluding hydrogens is 254 g/mol. The van der Waals surface area contributed by atoms with Crippen LogP contribution in [0, 0.1) is 17.2 Å². The summed E-state index contributed by atoms with van der Waals surface area (Å²) < 4.78 is 4.91. The number of amides is 1. The maximum atomic E-state index is 11.8. The van der Waals surface area contributed by atoms with Gasteiger partial charge in [-0.3, -0.25) is 4.79 Å². The van der Waals surface area contributed by atoms with E-state index in [0.717, 1.165) is 12.8 Å². The van der Waals surface area contributed by atoms with Gasteiger partial charge in [-0.2, -0.15) is 5.26 Å². The number of carbonyl (C=O) groups excluding carboxylic acids is 1. The van der Waals surface area contributed by atoms with Crippen molar-refractivity contribution in [2.24, 2.45) is 5.92 Å². The van der Waals surface area contributed by atoms with E-state index >= 15 is 0 Å². The Labute approximate surface area is 121 Å².